The van der Waals surface area contributed by atoms with Crippen molar-refractivity contribution in [2.24, 2.45) is 0 Å². The fourth-order valence-corrected chi connectivity index (χ4v) is 1.12. The number of carbonyl (C=O) groups excluding carboxylic acids is 2. The van der Waals surface area contributed by atoms with Crippen molar-refractivity contribution < 1.29 is 14.3 Å². The number of hydrogen-bond acceptors (Lipinski definition) is 3. The van der Waals surface area contributed by atoms with E-state index in [4.69, 9.17) is 4.74 Å². The van der Waals surface area contributed by atoms with E-state index < -0.39 is 6.04 Å². The van der Waals surface area contributed by atoms with E-state index in [1.807, 2.05) is 6.92 Å². The number of ether oxygens (including phenoxy) is 1. The molecule has 3 amide bonds. The van der Waals surface area contributed by atoms with Crippen LogP contribution in [0.5, 0.6) is 0 Å². The monoisotopic (exact) mass is 245 g/mol. The van der Waals surface area contributed by atoms with Crippen LogP contribution >= 0.6 is 0 Å². The number of methoxy groups -OCH3 is 1. The van der Waals surface area contributed by atoms with Crippen LogP contribution in [0.1, 0.15) is 26.7 Å². The van der Waals surface area contributed by atoms with Crippen molar-refractivity contribution in [3.63, 3.8) is 0 Å². The second-order valence-electron chi connectivity index (χ2n) is 3.76. The molecule has 0 spiro atoms. The summed E-state index contributed by atoms with van der Waals surface area (Å²) in [6, 6.07) is -0.860. The number of nitrogens with one attached hydrogen (secondary N) is 3. The molecule has 0 fully saturated rings. The molecule has 1 unspecified atom stereocenters. The van der Waals surface area contributed by atoms with Gasteiger partial charge in [-0.2, -0.15) is 0 Å². The summed E-state index contributed by atoms with van der Waals surface area (Å²) in [7, 11) is 1.56. The van der Waals surface area contributed by atoms with Gasteiger partial charge in [-0.25, -0.2) is 4.79 Å². The van der Waals surface area contributed by atoms with Gasteiger partial charge in [-0.3, -0.25) is 4.79 Å². The lowest BCUT2D eigenvalue weighted by Gasteiger charge is -2.14. The lowest BCUT2D eigenvalue weighted by molar-refractivity contribution is -0.122. The minimum Gasteiger partial charge on any atom is -0.383 e. The molecule has 0 saturated carbocycles. The third-order valence-electron chi connectivity index (χ3n) is 2.16. The average Bonchev–Trinajstić information content (AvgIpc) is 2.29. The Morgan fingerprint density at radius 1 is 1.24 bits per heavy atom. The second kappa shape index (κ2) is 9.89. The first-order valence-corrected chi connectivity index (χ1v) is 5.92. The van der Waals surface area contributed by atoms with Crippen LogP contribution in [0.2, 0.25) is 0 Å². The molecule has 0 aromatic rings. The molecule has 0 rings (SSSR count). The average molecular weight is 245 g/mol. The molecule has 0 aromatic carbocycles. The van der Waals surface area contributed by atoms with E-state index in [1.54, 1.807) is 14.0 Å². The molecule has 1 atom stereocenters. The van der Waals surface area contributed by atoms with E-state index in [1.165, 1.54) is 0 Å². The van der Waals surface area contributed by atoms with Crippen LogP contribution in [-0.2, 0) is 9.53 Å². The molecule has 6 nitrogen and oxygen atoms in total. The Morgan fingerprint density at radius 2 is 1.94 bits per heavy atom. The van der Waals surface area contributed by atoms with Crippen molar-refractivity contribution >= 4 is 11.9 Å². The highest BCUT2D eigenvalue weighted by Gasteiger charge is 2.14. The zero-order valence-electron chi connectivity index (χ0n) is 10.8. The lowest BCUT2D eigenvalue weighted by atomic mass is 10.3. The summed E-state index contributed by atoms with van der Waals surface area (Å²) in [5, 5.41) is 7.89. The SMILES string of the molecule is CCCCNC(=O)NC(C)C(=O)NCCOC. The number of amides is 3. The minimum absolute atomic E-state index is 0.215. The summed E-state index contributed by atoms with van der Waals surface area (Å²) in [4.78, 5) is 22.8. The number of unbranched alkanes of at least 4 members (excludes halogenated alkanes) is 1. The molecule has 6 heteroatoms. The van der Waals surface area contributed by atoms with Crippen LogP contribution in [0.15, 0.2) is 0 Å². The summed E-state index contributed by atoms with van der Waals surface area (Å²) in [5.74, 6) is -0.215. The molecule has 100 valence electrons. The highest BCUT2D eigenvalue weighted by atomic mass is 16.5. The first kappa shape index (κ1) is 15.7. The van der Waals surface area contributed by atoms with E-state index in [0.29, 0.717) is 19.7 Å². The summed E-state index contributed by atoms with van der Waals surface area (Å²) < 4.78 is 4.80. The van der Waals surface area contributed by atoms with Gasteiger partial charge in [-0.15, -0.1) is 0 Å². The summed E-state index contributed by atoms with van der Waals surface area (Å²) in [6.45, 7) is 5.22. The maximum Gasteiger partial charge on any atom is 0.315 e. The number of urea groups is 1. The van der Waals surface area contributed by atoms with Gasteiger partial charge in [-0.1, -0.05) is 13.3 Å². The van der Waals surface area contributed by atoms with Crippen LogP contribution in [0.25, 0.3) is 0 Å². The first-order valence-electron chi connectivity index (χ1n) is 5.92. The fraction of sp³-hybridized carbons (Fsp3) is 0.818. The van der Waals surface area contributed by atoms with Gasteiger partial charge in [0.05, 0.1) is 6.61 Å². The molecule has 0 aromatic heterocycles. The van der Waals surface area contributed by atoms with Crippen molar-refractivity contribution in [3.05, 3.63) is 0 Å². The largest absolute Gasteiger partial charge is 0.383 e. The highest BCUT2D eigenvalue weighted by Crippen LogP contribution is 1.85. The number of carbonyl (C=O) groups is 2. The topological polar surface area (TPSA) is 79.5 Å². The Labute approximate surface area is 102 Å². The molecule has 0 bridgehead atoms. The van der Waals surface area contributed by atoms with Crippen molar-refractivity contribution in [2.45, 2.75) is 32.7 Å². The normalized spacial score (nSPS) is 11.7. The maximum absolute atomic E-state index is 11.5. The van der Waals surface area contributed by atoms with E-state index in [-0.39, 0.29) is 11.9 Å². The van der Waals surface area contributed by atoms with E-state index in [9.17, 15) is 9.59 Å². The smallest absolute Gasteiger partial charge is 0.315 e. The Morgan fingerprint density at radius 3 is 2.53 bits per heavy atom. The van der Waals surface area contributed by atoms with Crippen LogP contribution in [0.4, 0.5) is 4.79 Å². The zero-order valence-corrected chi connectivity index (χ0v) is 10.8. The van der Waals surface area contributed by atoms with Crippen molar-refractivity contribution in [2.75, 3.05) is 26.8 Å². The van der Waals surface area contributed by atoms with Crippen molar-refractivity contribution in [3.8, 4) is 0 Å². The second-order valence-corrected chi connectivity index (χ2v) is 3.76. The molecule has 0 aliphatic heterocycles. The predicted molar refractivity (Wildman–Crippen MR) is 65.8 cm³/mol. The van der Waals surface area contributed by atoms with Crippen LogP contribution in [0.3, 0.4) is 0 Å². The van der Waals surface area contributed by atoms with E-state index >= 15 is 0 Å². The quantitative estimate of drug-likeness (QED) is 0.536. The van der Waals surface area contributed by atoms with Gasteiger partial charge in [0.1, 0.15) is 6.04 Å². The van der Waals surface area contributed by atoms with Gasteiger partial charge in [-0.05, 0) is 13.3 Å². The van der Waals surface area contributed by atoms with Crippen LogP contribution in [-0.4, -0.2) is 44.8 Å². The molecule has 0 aliphatic carbocycles. The van der Waals surface area contributed by atoms with E-state index in [0.717, 1.165) is 12.8 Å². The lowest BCUT2D eigenvalue weighted by Crippen LogP contribution is -2.49. The van der Waals surface area contributed by atoms with Crippen LogP contribution in [0, 0.1) is 0 Å². The summed E-state index contributed by atoms with van der Waals surface area (Å²) in [6.07, 6.45) is 1.95. The Bertz CT molecular complexity index is 234. The molecule has 0 aliphatic rings. The van der Waals surface area contributed by atoms with Gasteiger partial charge in [0.25, 0.3) is 0 Å². The van der Waals surface area contributed by atoms with Crippen molar-refractivity contribution in [1.82, 2.24) is 16.0 Å². The molecule has 0 radical (unpaired) electrons. The Balaban J connectivity index is 3.71. The first-order chi connectivity index (χ1) is 8.11. The third-order valence-corrected chi connectivity index (χ3v) is 2.16. The predicted octanol–water partition coefficient (Wildman–Crippen LogP) is 0.237. The maximum atomic E-state index is 11.5. The third kappa shape index (κ3) is 8.50. The van der Waals surface area contributed by atoms with Gasteiger partial charge in [0, 0.05) is 20.2 Å². The molecular weight excluding hydrogens is 222 g/mol. The molecule has 0 heterocycles. The Kier molecular flexibility index (Phi) is 9.14. The summed E-state index contributed by atoms with van der Waals surface area (Å²) in [5.41, 5.74) is 0. The van der Waals surface area contributed by atoms with E-state index in [2.05, 4.69) is 16.0 Å². The van der Waals surface area contributed by atoms with Gasteiger partial charge in [0.2, 0.25) is 5.91 Å². The molecule has 0 saturated heterocycles. The fourth-order valence-electron chi connectivity index (χ4n) is 1.12. The standard InChI is InChI=1S/C11H23N3O3/c1-4-5-6-13-11(16)14-9(2)10(15)12-7-8-17-3/h9H,4-8H2,1-3H3,(H,12,15)(H2,13,14,16). The molecule has 3 N–H and O–H groups in total. The van der Waals surface area contributed by atoms with Gasteiger partial charge in [0.15, 0.2) is 0 Å². The number of rotatable bonds is 8. The molecular formula is C11H23N3O3. The zero-order chi connectivity index (χ0) is 13.1. The highest BCUT2D eigenvalue weighted by molar-refractivity contribution is 5.86. The van der Waals surface area contributed by atoms with Crippen LogP contribution < -0.4 is 16.0 Å². The Hall–Kier alpha value is -1.30. The minimum atomic E-state index is -0.548. The van der Waals surface area contributed by atoms with Gasteiger partial charge >= 0.3 is 6.03 Å². The van der Waals surface area contributed by atoms with Crippen molar-refractivity contribution in [1.29, 1.82) is 0 Å². The number of hydrogen-bond donors (Lipinski definition) is 3. The molecule has 17 heavy (non-hydrogen) atoms. The van der Waals surface area contributed by atoms with Gasteiger partial charge < -0.3 is 20.7 Å². The summed E-state index contributed by atoms with van der Waals surface area (Å²) >= 11 is 0.